The van der Waals surface area contributed by atoms with E-state index in [1.165, 1.54) is 11.1 Å². The molecule has 112 valence electrons. The first-order chi connectivity index (χ1) is 10.6. The fraction of sp³-hybridized carbons (Fsp3) is 0.235. The highest BCUT2D eigenvalue weighted by Crippen LogP contribution is 2.26. The number of hydrogen-bond donors (Lipinski definition) is 1. The summed E-state index contributed by atoms with van der Waals surface area (Å²) in [6.45, 7) is 6.55. The number of fused-ring (bicyclic) bond motifs is 1. The quantitative estimate of drug-likeness (QED) is 0.802. The number of ether oxygens (including phenoxy) is 1. The van der Waals surface area contributed by atoms with Crippen LogP contribution in [0.15, 0.2) is 30.3 Å². The lowest BCUT2D eigenvalue weighted by Gasteiger charge is -2.09. The van der Waals surface area contributed by atoms with Crippen LogP contribution in [0, 0.1) is 13.8 Å². The number of aromatic nitrogens is 3. The Morgan fingerprint density at radius 1 is 1.00 bits per heavy atom. The van der Waals surface area contributed by atoms with Crippen LogP contribution in [0.1, 0.15) is 18.1 Å². The number of anilines is 1. The van der Waals surface area contributed by atoms with Crippen LogP contribution >= 0.6 is 0 Å². The molecular weight excluding hydrogens is 276 g/mol. The largest absolute Gasteiger partial charge is 0.476 e. The number of aryl methyl sites for hydroxylation is 2. The summed E-state index contributed by atoms with van der Waals surface area (Å²) < 4.78 is 5.54. The van der Waals surface area contributed by atoms with Crippen LogP contribution in [-0.2, 0) is 0 Å². The van der Waals surface area contributed by atoms with Crippen LogP contribution in [0.2, 0.25) is 0 Å². The molecule has 2 aromatic heterocycles. The summed E-state index contributed by atoms with van der Waals surface area (Å²) in [5.41, 5.74) is 11.4. The first-order valence-electron chi connectivity index (χ1n) is 7.22. The van der Waals surface area contributed by atoms with Crippen molar-refractivity contribution in [1.29, 1.82) is 0 Å². The van der Waals surface area contributed by atoms with Crippen molar-refractivity contribution in [2.45, 2.75) is 20.8 Å². The zero-order valence-corrected chi connectivity index (χ0v) is 12.9. The average molecular weight is 294 g/mol. The maximum Gasteiger partial charge on any atom is 0.245 e. The first-order valence-corrected chi connectivity index (χ1v) is 7.22. The van der Waals surface area contributed by atoms with Gasteiger partial charge in [0.1, 0.15) is 0 Å². The SMILES string of the molecule is CCOc1nc(N)nc2ccc(-c3cc(C)cc(C)c3)nc12. The van der Waals surface area contributed by atoms with E-state index in [1.54, 1.807) is 0 Å². The minimum atomic E-state index is 0.192. The summed E-state index contributed by atoms with van der Waals surface area (Å²) in [6.07, 6.45) is 0. The molecule has 5 heteroatoms. The Balaban J connectivity index is 2.20. The van der Waals surface area contributed by atoms with Gasteiger partial charge in [-0.15, -0.1) is 0 Å². The van der Waals surface area contributed by atoms with Gasteiger partial charge in [0.15, 0.2) is 5.52 Å². The molecule has 0 aliphatic carbocycles. The molecule has 0 saturated heterocycles. The lowest BCUT2D eigenvalue weighted by atomic mass is 10.0. The summed E-state index contributed by atoms with van der Waals surface area (Å²) in [4.78, 5) is 13.0. The molecule has 0 fully saturated rings. The van der Waals surface area contributed by atoms with E-state index in [0.717, 1.165) is 11.3 Å². The van der Waals surface area contributed by atoms with E-state index in [9.17, 15) is 0 Å². The molecule has 2 N–H and O–H groups in total. The third-order valence-electron chi connectivity index (χ3n) is 3.33. The van der Waals surface area contributed by atoms with Gasteiger partial charge in [-0.1, -0.05) is 17.2 Å². The van der Waals surface area contributed by atoms with Crippen LogP contribution in [0.25, 0.3) is 22.3 Å². The van der Waals surface area contributed by atoms with Crippen molar-refractivity contribution in [3.8, 4) is 17.1 Å². The molecule has 5 nitrogen and oxygen atoms in total. The Hall–Kier alpha value is -2.69. The molecule has 1 aromatic carbocycles. The number of nitrogen functional groups attached to an aromatic ring is 1. The van der Waals surface area contributed by atoms with Gasteiger partial charge in [-0.25, -0.2) is 9.97 Å². The van der Waals surface area contributed by atoms with E-state index in [0.29, 0.717) is 23.5 Å². The molecule has 0 atom stereocenters. The third-order valence-corrected chi connectivity index (χ3v) is 3.33. The summed E-state index contributed by atoms with van der Waals surface area (Å²) >= 11 is 0. The minimum absolute atomic E-state index is 0.192. The predicted molar refractivity (Wildman–Crippen MR) is 87.8 cm³/mol. The highest BCUT2D eigenvalue weighted by atomic mass is 16.5. The lowest BCUT2D eigenvalue weighted by molar-refractivity contribution is 0.330. The Labute approximate surface area is 129 Å². The van der Waals surface area contributed by atoms with E-state index in [1.807, 2.05) is 19.1 Å². The van der Waals surface area contributed by atoms with E-state index >= 15 is 0 Å². The number of rotatable bonds is 3. The minimum Gasteiger partial charge on any atom is -0.476 e. The molecule has 0 amide bonds. The average Bonchev–Trinajstić information content (AvgIpc) is 2.46. The van der Waals surface area contributed by atoms with E-state index < -0.39 is 0 Å². The van der Waals surface area contributed by atoms with Crippen LogP contribution in [-0.4, -0.2) is 21.6 Å². The smallest absolute Gasteiger partial charge is 0.245 e. The van der Waals surface area contributed by atoms with Crippen LogP contribution in [0.3, 0.4) is 0 Å². The Morgan fingerprint density at radius 3 is 2.41 bits per heavy atom. The number of hydrogen-bond acceptors (Lipinski definition) is 5. The van der Waals surface area contributed by atoms with Crippen molar-refractivity contribution in [1.82, 2.24) is 15.0 Å². The second-order valence-electron chi connectivity index (χ2n) is 5.26. The normalized spacial score (nSPS) is 10.9. The fourth-order valence-electron chi connectivity index (χ4n) is 2.53. The highest BCUT2D eigenvalue weighted by Gasteiger charge is 2.11. The number of nitrogens with two attached hydrogens (primary N) is 1. The van der Waals surface area contributed by atoms with E-state index in [2.05, 4.69) is 47.0 Å². The maximum absolute atomic E-state index is 5.71. The molecule has 0 spiro atoms. The van der Waals surface area contributed by atoms with Crippen molar-refractivity contribution in [3.05, 3.63) is 41.5 Å². The summed E-state index contributed by atoms with van der Waals surface area (Å²) in [6, 6.07) is 10.2. The van der Waals surface area contributed by atoms with Gasteiger partial charge in [-0.2, -0.15) is 4.98 Å². The fourth-order valence-corrected chi connectivity index (χ4v) is 2.53. The van der Waals surface area contributed by atoms with E-state index in [4.69, 9.17) is 10.5 Å². The Bertz CT molecular complexity index is 825. The van der Waals surface area contributed by atoms with Gasteiger partial charge in [0.2, 0.25) is 11.8 Å². The molecule has 3 rings (SSSR count). The topological polar surface area (TPSA) is 73.9 Å². The molecule has 0 saturated carbocycles. The van der Waals surface area contributed by atoms with Crippen LogP contribution < -0.4 is 10.5 Å². The van der Waals surface area contributed by atoms with Crippen molar-refractivity contribution in [3.63, 3.8) is 0 Å². The van der Waals surface area contributed by atoms with Gasteiger partial charge in [-0.3, -0.25) is 0 Å². The zero-order valence-electron chi connectivity index (χ0n) is 12.9. The van der Waals surface area contributed by atoms with Gasteiger partial charge in [0, 0.05) is 5.56 Å². The van der Waals surface area contributed by atoms with Crippen molar-refractivity contribution < 1.29 is 4.74 Å². The molecule has 22 heavy (non-hydrogen) atoms. The lowest BCUT2D eigenvalue weighted by Crippen LogP contribution is -2.03. The maximum atomic E-state index is 5.71. The van der Waals surface area contributed by atoms with Crippen molar-refractivity contribution in [2.75, 3.05) is 12.3 Å². The number of nitrogens with zero attached hydrogens (tertiary/aromatic N) is 3. The van der Waals surface area contributed by atoms with Gasteiger partial charge >= 0.3 is 0 Å². The number of pyridine rings is 1. The molecular formula is C17H18N4O. The van der Waals surface area contributed by atoms with Crippen molar-refractivity contribution >= 4 is 17.0 Å². The third kappa shape index (κ3) is 2.70. The number of benzene rings is 1. The molecule has 0 radical (unpaired) electrons. The Kier molecular flexibility index (Phi) is 3.63. The zero-order chi connectivity index (χ0) is 15.7. The van der Waals surface area contributed by atoms with Gasteiger partial charge in [0.25, 0.3) is 0 Å². The summed E-state index contributed by atoms with van der Waals surface area (Å²) in [7, 11) is 0. The van der Waals surface area contributed by atoms with Crippen molar-refractivity contribution in [2.24, 2.45) is 0 Å². The second kappa shape index (κ2) is 5.60. The molecule has 0 unspecified atom stereocenters. The summed E-state index contributed by atoms with van der Waals surface area (Å²) in [5.74, 6) is 0.619. The molecule has 2 heterocycles. The summed E-state index contributed by atoms with van der Waals surface area (Å²) in [5, 5.41) is 0. The molecule has 0 aliphatic heterocycles. The van der Waals surface area contributed by atoms with Gasteiger partial charge < -0.3 is 10.5 Å². The Morgan fingerprint density at radius 2 is 1.73 bits per heavy atom. The monoisotopic (exact) mass is 294 g/mol. The standard InChI is InChI=1S/C17H18N4O/c1-4-22-16-15-14(20-17(18)21-16)6-5-13(19-15)12-8-10(2)7-11(3)9-12/h5-9H,4H2,1-3H3,(H2,18,20,21). The molecule has 0 bridgehead atoms. The molecule has 3 aromatic rings. The molecule has 0 aliphatic rings. The predicted octanol–water partition coefficient (Wildman–Crippen LogP) is 3.29. The van der Waals surface area contributed by atoms with Gasteiger partial charge in [-0.05, 0) is 45.0 Å². The van der Waals surface area contributed by atoms with E-state index in [-0.39, 0.29) is 5.95 Å². The van der Waals surface area contributed by atoms with Crippen LogP contribution in [0.5, 0.6) is 5.88 Å². The first kappa shape index (κ1) is 14.3. The van der Waals surface area contributed by atoms with Crippen LogP contribution in [0.4, 0.5) is 5.95 Å². The van der Waals surface area contributed by atoms with Gasteiger partial charge in [0.05, 0.1) is 17.8 Å². The highest BCUT2D eigenvalue weighted by molar-refractivity contribution is 5.83. The second-order valence-corrected chi connectivity index (χ2v) is 5.26.